The van der Waals surface area contributed by atoms with Gasteiger partial charge in [0, 0.05) is 23.4 Å². The molecule has 49 heavy (non-hydrogen) atoms. The first-order chi connectivity index (χ1) is 22.7. The highest BCUT2D eigenvalue weighted by molar-refractivity contribution is 6.09. The molecule has 0 spiro atoms. The van der Waals surface area contributed by atoms with E-state index in [0.29, 0.717) is 24.1 Å². The predicted octanol–water partition coefficient (Wildman–Crippen LogP) is 8.31. The number of ketones is 2. The SMILES string of the molecule is CC(=O)C(C)(C)CC(=O)O[C@H]1CC[C@@]2(C)C(CC[C@]3(C)C2CC[C@@H]2C4=C(C(C)C)C(=O)C[C@]4(C(=O)Nc4ccncn4)CC[C@]23C)C1(C)C. The number of anilines is 1. The van der Waals surface area contributed by atoms with Crippen molar-refractivity contribution in [3.8, 4) is 0 Å². The van der Waals surface area contributed by atoms with Gasteiger partial charge in [-0.2, -0.15) is 0 Å². The van der Waals surface area contributed by atoms with Crippen molar-refractivity contribution in [1.82, 2.24) is 9.97 Å². The lowest BCUT2D eigenvalue weighted by Gasteiger charge is -2.72. The Morgan fingerprint density at radius 2 is 1.67 bits per heavy atom. The minimum atomic E-state index is -0.836. The van der Waals surface area contributed by atoms with Gasteiger partial charge in [0.25, 0.3) is 0 Å². The smallest absolute Gasteiger partial charge is 0.307 e. The van der Waals surface area contributed by atoms with Crippen LogP contribution in [0.3, 0.4) is 0 Å². The highest BCUT2D eigenvalue weighted by Gasteiger charge is 2.71. The molecule has 5 aliphatic rings. The van der Waals surface area contributed by atoms with Crippen LogP contribution in [0.15, 0.2) is 29.7 Å². The van der Waals surface area contributed by atoms with Crippen LogP contribution in [0.5, 0.6) is 0 Å². The van der Waals surface area contributed by atoms with Crippen LogP contribution in [-0.2, 0) is 23.9 Å². The van der Waals surface area contributed by atoms with Gasteiger partial charge in [-0.3, -0.25) is 19.2 Å². The molecule has 1 amide bonds. The van der Waals surface area contributed by atoms with Crippen LogP contribution in [0.4, 0.5) is 5.82 Å². The summed E-state index contributed by atoms with van der Waals surface area (Å²) in [6, 6.07) is 1.71. The zero-order valence-corrected chi connectivity index (χ0v) is 31.6. The molecule has 0 aromatic carbocycles. The quantitative estimate of drug-likeness (QED) is 0.290. The number of allylic oxidation sites excluding steroid dienone is 1. The first-order valence-electron chi connectivity index (χ1n) is 18.8. The lowest BCUT2D eigenvalue weighted by atomic mass is 9.33. The summed E-state index contributed by atoms with van der Waals surface area (Å²) < 4.78 is 6.25. The minimum Gasteiger partial charge on any atom is -0.462 e. The summed E-state index contributed by atoms with van der Waals surface area (Å²) in [5.41, 5.74) is 0.304. The normalized spacial score (nSPS) is 38.2. The predicted molar refractivity (Wildman–Crippen MR) is 189 cm³/mol. The van der Waals surface area contributed by atoms with Gasteiger partial charge in [-0.05, 0) is 115 Å². The fourth-order valence-corrected chi connectivity index (χ4v) is 12.4. The van der Waals surface area contributed by atoms with E-state index in [1.807, 2.05) is 13.8 Å². The molecule has 0 aliphatic heterocycles. The van der Waals surface area contributed by atoms with E-state index in [4.69, 9.17) is 4.74 Å². The van der Waals surface area contributed by atoms with Crippen LogP contribution in [-0.4, -0.2) is 39.5 Å². The van der Waals surface area contributed by atoms with Gasteiger partial charge in [0.1, 0.15) is 24.0 Å². The van der Waals surface area contributed by atoms with Crippen molar-refractivity contribution in [2.24, 2.45) is 56.2 Å². The molecule has 8 nitrogen and oxygen atoms in total. The Morgan fingerprint density at radius 3 is 2.31 bits per heavy atom. The van der Waals surface area contributed by atoms with Crippen molar-refractivity contribution >= 4 is 29.3 Å². The molecule has 4 saturated carbocycles. The van der Waals surface area contributed by atoms with E-state index in [9.17, 15) is 19.2 Å². The van der Waals surface area contributed by atoms with Crippen LogP contribution in [0.2, 0.25) is 0 Å². The monoisotopic (exact) mass is 673 g/mol. The first-order valence-corrected chi connectivity index (χ1v) is 18.8. The van der Waals surface area contributed by atoms with E-state index in [1.54, 1.807) is 19.2 Å². The number of nitrogens with zero attached hydrogens (tertiary/aromatic N) is 2. The summed E-state index contributed by atoms with van der Waals surface area (Å²) in [5.74, 6) is 1.33. The summed E-state index contributed by atoms with van der Waals surface area (Å²) in [7, 11) is 0. The largest absolute Gasteiger partial charge is 0.462 e. The number of ether oxygens (including phenoxy) is 1. The maximum Gasteiger partial charge on any atom is 0.307 e. The van der Waals surface area contributed by atoms with Gasteiger partial charge in [0.2, 0.25) is 5.91 Å². The number of hydrogen-bond acceptors (Lipinski definition) is 7. The molecule has 268 valence electrons. The average Bonchev–Trinajstić information content (AvgIpc) is 3.32. The van der Waals surface area contributed by atoms with Gasteiger partial charge in [-0.1, -0.05) is 62.3 Å². The molecule has 8 atom stereocenters. The molecule has 0 bridgehead atoms. The van der Waals surface area contributed by atoms with Gasteiger partial charge in [0.05, 0.1) is 11.8 Å². The molecule has 4 fully saturated rings. The zero-order chi connectivity index (χ0) is 35.9. The fourth-order valence-electron chi connectivity index (χ4n) is 12.4. The lowest BCUT2D eigenvalue weighted by molar-refractivity contribution is -0.233. The number of esters is 1. The minimum absolute atomic E-state index is 0.000165. The van der Waals surface area contributed by atoms with Gasteiger partial charge >= 0.3 is 5.97 Å². The second-order valence-electron chi connectivity index (χ2n) is 18.8. The molecule has 5 aliphatic carbocycles. The third-order valence-electron chi connectivity index (χ3n) is 15.4. The number of carbonyl (C=O) groups is 4. The Balaban J connectivity index is 1.31. The third kappa shape index (κ3) is 5.27. The Hall–Kier alpha value is -2.90. The van der Waals surface area contributed by atoms with Crippen LogP contribution in [0.1, 0.15) is 133 Å². The molecule has 2 unspecified atom stereocenters. The Labute approximate surface area is 293 Å². The number of aromatic nitrogens is 2. The second kappa shape index (κ2) is 11.8. The maximum atomic E-state index is 14.3. The Bertz CT molecular complexity index is 1580. The number of amides is 1. The van der Waals surface area contributed by atoms with E-state index < -0.39 is 10.8 Å². The standard InChI is InChI=1S/C41H59N3O5/c1-24(2)33-27(46)21-41(35(48)44-31-15-20-42-23-43-31)19-18-39(9)26(34(33)41)11-12-29-38(8)16-14-30(49-32(47)22-36(4,5)25(3)45)37(6,7)28(38)13-17-40(29,39)10/h15,20,23-24,26,28-30H,11-14,16-19,21-22H2,1-10H3,(H,42,43,44,48)/t26-,28?,29?,30+,38+,39-,40-,41-/m1/s1. The topological polar surface area (TPSA) is 115 Å². The van der Waals surface area contributed by atoms with Crippen molar-refractivity contribution < 1.29 is 23.9 Å². The molecule has 1 aromatic heterocycles. The number of fused-ring (bicyclic) bond motifs is 7. The fraction of sp³-hybridized carbons (Fsp3) is 0.756. The molecule has 1 heterocycles. The molecule has 0 saturated heterocycles. The Morgan fingerprint density at radius 1 is 0.959 bits per heavy atom. The highest BCUT2D eigenvalue weighted by Crippen LogP contribution is 2.76. The van der Waals surface area contributed by atoms with Crippen molar-refractivity contribution in [1.29, 1.82) is 0 Å². The second-order valence-corrected chi connectivity index (χ2v) is 18.8. The number of Topliss-reactive ketones (excluding diaryl/α,β-unsaturated/α-hetero) is 2. The van der Waals surface area contributed by atoms with E-state index in [2.05, 4.69) is 63.8 Å². The molecule has 0 radical (unpaired) electrons. The molecule has 6 rings (SSSR count). The molecule has 1 aromatic rings. The van der Waals surface area contributed by atoms with Crippen molar-refractivity contribution in [2.75, 3.05) is 5.32 Å². The van der Waals surface area contributed by atoms with E-state index in [0.717, 1.165) is 56.1 Å². The summed E-state index contributed by atoms with van der Waals surface area (Å²) in [4.78, 5) is 61.8. The van der Waals surface area contributed by atoms with Crippen LogP contribution in [0, 0.1) is 56.2 Å². The zero-order valence-electron chi connectivity index (χ0n) is 31.6. The van der Waals surface area contributed by atoms with Gasteiger partial charge in [-0.25, -0.2) is 9.97 Å². The van der Waals surface area contributed by atoms with E-state index >= 15 is 0 Å². The third-order valence-corrected chi connectivity index (χ3v) is 15.4. The molecule has 8 heteroatoms. The van der Waals surface area contributed by atoms with Gasteiger partial charge in [-0.15, -0.1) is 0 Å². The highest BCUT2D eigenvalue weighted by atomic mass is 16.5. The summed E-state index contributed by atoms with van der Waals surface area (Å²) in [6.07, 6.45) is 10.8. The molecular formula is C41H59N3O5. The van der Waals surface area contributed by atoms with Crippen molar-refractivity contribution in [3.63, 3.8) is 0 Å². The van der Waals surface area contributed by atoms with Crippen LogP contribution >= 0.6 is 0 Å². The van der Waals surface area contributed by atoms with Crippen LogP contribution in [0.25, 0.3) is 0 Å². The number of carbonyl (C=O) groups excluding carboxylic acids is 4. The first kappa shape index (κ1) is 35.9. The Kier molecular flexibility index (Phi) is 8.67. The summed E-state index contributed by atoms with van der Waals surface area (Å²) in [6.45, 7) is 21.5. The number of rotatable bonds is 7. The van der Waals surface area contributed by atoms with Crippen molar-refractivity contribution in [2.45, 2.75) is 140 Å². The average molecular weight is 674 g/mol. The van der Waals surface area contributed by atoms with E-state index in [1.165, 1.54) is 6.33 Å². The van der Waals surface area contributed by atoms with Crippen molar-refractivity contribution in [3.05, 3.63) is 29.7 Å². The summed E-state index contributed by atoms with van der Waals surface area (Å²) in [5, 5.41) is 3.09. The lowest BCUT2D eigenvalue weighted by Crippen LogP contribution is -2.66. The van der Waals surface area contributed by atoms with Gasteiger partial charge < -0.3 is 10.1 Å². The summed E-state index contributed by atoms with van der Waals surface area (Å²) >= 11 is 0. The maximum absolute atomic E-state index is 14.3. The van der Waals surface area contributed by atoms with Gasteiger partial charge in [0.15, 0.2) is 5.78 Å². The molecular weight excluding hydrogens is 614 g/mol. The molecule has 1 N–H and O–H groups in total. The number of hydrogen-bond donors (Lipinski definition) is 1. The number of nitrogens with one attached hydrogen (secondary N) is 1. The van der Waals surface area contributed by atoms with Crippen LogP contribution < -0.4 is 5.32 Å². The van der Waals surface area contributed by atoms with E-state index in [-0.39, 0.29) is 75.9 Å².